The molecule has 2 aromatic rings. The predicted molar refractivity (Wildman–Crippen MR) is 153 cm³/mol. The Labute approximate surface area is 241 Å². The lowest BCUT2D eigenvalue weighted by atomic mass is 9.98. The van der Waals surface area contributed by atoms with Crippen LogP contribution in [0, 0.1) is 36.0 Å². The fourth-order valence-electron chi connectivity index (χ4n) is 6.50. The lowest BCUT2D eigenvalue weighted by Crippen LogP contribution is -2.48. The van der Waals surface area contributed by atoms with Crippen LogP contribution >= 0.6 is 0 Å². The number of nitriles is 1. The first-order valence-corrected chi connectivity index (χ1v) is 14.5. The van der Waals surface area contributed by atoms with E-state index in [9.17, 15) is 19.5 Å². The quantitative estimate of drug-likeness (QED) is 0.475. The number of nitrogens with zero attached hydrogens (tertiary/aromatic N) is 3. The van der Waals surface area contributed by atoms with E-state index in [4.69, 9.17) is 16.7 Å². The van der Waals surface area contributed by atoms with Gasteiger partial charge in [0.25, 0.3) is 0 Å². The van der Waals surface area contributed by atoms with Gasteiger partial charge < -0.3 is 26.4 Å². The van der Waals surface area contributed by atoms with Crippen molar-refractivity contribution in [2.75, 3.05) is 0 Å². The molecule has 4 aliphatic rings. The van der Waals surface area contributed by atoms with Gasteiger partial charge in [-0.25, -0.2) is 0 Å². The van der Waals surface area contributed by atoms with Gasteiger partial charge in [-0.2, -0.15) is 5.26 Å². The number of carbonyl (C=O) groups excluding carboxylic acids is 3. The zero-order chi connectivity index (χ0) is 29.4. The first-order chi connectivity index (χ1) is 19.6. The molecule has 0 bridgehead atoms. The zero-order valence-electron chi connectivity index (χ0n) is 23.6. The van der Waals surface area contributed by atoms with Gasteiger partial charge in [-0.1, -0.05) is 48.9 Å². The van der Waals surface area contributed by atoms with E-state index < -0.39 is 6.04 Å². The second-order valence-electron chi connectivity index (χ2n) is 12.2. The summed E-state index contributed by atoms with van der Waals surface area (Å²) in [6, 6.07) is 16.3. The molecule has 0 aromatic heterocycles. The number of amides is 3. The molecule has 2 aromatic carbocycles. The summed E-state index contributed by atoms with van der Waals surface area (Å²) in [6.45, 7) is 3.99. The maximum atomic E-state index is 12.7. The maximum absolute atomic E-state index is 12.7. The average molecular weight is 558 g/mol. The minimum atomic E-state index is -0.630. The molecule has 9 nitrogen and oxygen atoms in total. The molecule has 5 N–H and O–H groups in total. The summed E-state index contributed by atoms with van der Waals surface area (Å²) in [5.41, 5.74) is 14.7. The Morgan fingerprint density at radius 3 is 2.07 bits per heavy atom. The SMILES string of the molecule is Cc1ccc(CC(C)C(=O)N2C3C[C@H]3C[C@H]2C(N)=O)cc1.N#C[C@@H]1C[C@@H]2CC2N1C(=O)C(N)Cc1ccc(O)cc1. The van der Waals surface area contributed by atoms with Gasteiger partial charge in [0.1, 0.15) is 17.8 Å². The zero-order valence-corrected chi connectivity index (χ0v) is 23.6. The summed E-state index contributed by atoms with van der Waals surface area (Å²) >= 11 is 0. The summed E-state index contributed by atoms with van der Waals surface area (Å²) in [7, 11) is 0. The summed E-state index contributed by atoms with van der Waals surface area (Å²) in [6.07, 6.45) is 4.72. The van der Waals surface area contributed by atoms with E-state index in [0.717, 1.165) is 36.8 Å². The van der Waals surface area contributed by atoms with E-state index in [1.165, 1.54) is 5.56 Å². The molecule has 8 atom stereocenters. The van der Waals surface area contributed by atoms with Crippen LogP contribution in [0.5, 0.6) is 5.75 Å². The van der Waals surface area contributed by atoms with Crippen molar-refractivity contribution < 1.29 is 19.5 Å². The van der Waals surface area contributed by atoms with Gasteiger partial charge in [0, 0.05) is 18.0 Å². The van der Waals surface area contributed by atoms with Crippen LogP contribution in [-0.2, 0) is 27.2 Å². The Morgan fingerprint density at radius 1 is 0.902 bits per heavy atom. The van der Waals surface area contributed by atoms with E-state index in [0.29, 0.717) is 24.7 Å². The first-order valence-electron chi connectivity index (χ1n) is 14.5. The molecule has 0 radical (unpaired) electrons. The fourth-order valence-corrected chi connectivity index (χ4v) is 6.50. The molecule has 2 saturated carbocycles. The van der Waals surface area contributed by atoms with Crippen LogP contribution in [0.25, 0.3) is 0 Å². The van der Waals surface area contributed by atoms with Crippen LogP contribution in [0.4, 0.5) is 0 Å². The summed E-state index contributed by atoms with van der Waals surface area (Å²) in [5.74, 6) is 0.659. The number of hydrogen-bond acceptors (Lipinski definition) is 6. The number of fused-ring (bicyclic) bond motifs is 2. The highest BCUT2D eigenvalue weighted by molar-refractivity contribution is 5.89. The molecule has 3 amide bonds. The van der Waals surface area contributed by atoms with E-state index in [2.05, 4.69) is 30.3 Å². The highest BCUT2D eigenvalue weighted by Crippen LogP contribution is 2.49. The van der Waals surface area contributed by atoms with Gasteiger partial charge in [-0.05, 0) is 80.5 Å². The number of phenolic OH excluding ortho intramolecular Hbond substituents is 1. The summed E-state index contributed by atoms with van der Waals surface area (Å²) in [5, 5.41) is 18.4. The molecule has 2 aliphatic carbocycles. The number of carbonyl (C=O) groups is 3. The topological polar surface area (TPSA) is 154 Å². The van der Waals surface area contributed by atoms with Crippen molar-refractivity contribution in [2.24, 2.45) is 29.2 Å². The number of rotatable bonds is 7. The van der Waals surface area contributed by atoms with Crippen LogP contribution in [0.15, 0.2) is 48.5 Å². The Kier molecular flexibility index (Phi) is 8.05. The minimum Gasteiger partial charge on any atom is -0.508 e. The summed E-state index contributed by atoms with van der Waals surface area (Å²) < 4.78 is 0. The second-order valence-corrected chi connectivity index (χ2v) is 12.2. The highest BCUT2D eigenvalue weighted by Gasteiger charge is 2.56. The standard InChI is InChI=1S/C17H22N2O2.C15H17N3O2/c1-10-3-5-12(6-4-10)7-11(2)17(21)19-14-8-13(14)9-15(19)16(18)20;16-8-11-6-10-7-14(10)18(11)15(20)13(17)5-9-1-3-12(19)4-2-9/h3-6,11,13-15H,7-9H2,1-2H3,(H2,18,20);1-4,10-11,13-14,19H,5-7,17H2/t11?,13-,14?,15-;10-,11+,13?,14?/m01/s1. The normalized spacial score (nSPS) is 28.3. The number of likely N-dealkylation sites (tertiary alicyclic amines) is 2. The number of aromatic hydroxyl groups is 1. The number of aryl methyl sites for hydroxylation is 1. The molecule has 4 fully saturated rings. The molecule has 2 aliphatic heterocycles. The number of benzene rings is 2. The van der Waals surface area contributed by atoms with E-state index in [-0.39, 0.29) is 53.6 Å². The van der Waals surface area contributed by atoms with Crippen molar-refractivity contribution in [3.63, 3.8) is 0 Å². The number of primary amides is 1. The number of piperidine rings is 2. The van der Waals surface area contributed by atoms with Crippen LogP contribution in [0.3, 0.4) is 0 Å². The molecular weight excluding hydrogens is 518 g/mol. The van der Waals surface area contributed by atoms with E-state index in [1.54, 1.807) is 34.1 Å². The second kappa shape index (κ2) is 11.5. The van der Waals surface area contributed by atoms with Crippen molar-refractivity contribution in [3.05, 3.63) is 65.2 Å². The largest absolute Gasteiger partial charge is 0.508 e. The van der Waals surface area contributed by atoms with Crippen molar-refractivity contribution >= 4 is 17.7 Å². The third-order valence-corrected chi connectivity index (χ3v) is 8.99. The molecular formula is C32H39N5O4. The minimum absolute atomic E-state index is 0.0735. The van der Waals surface area contributed by atoms with Crippen molar-refractivity contribution in [1.82, 2.24) is 9.80 Å². The van der Waals surface area contributed by atoms with Crippen molar-refractivity contribution in [2.45, 2.75) is 82.6 Å². The van der Waals surface area contributed by atoms with Crippen molar-refractivity contribution in [1.29, 1.82) is 5.26 Å². The number of nitrogens with two attached hydrogens (primary N) is 2. The third kappa shape index (κ3) is 6.23. The molecule has 41 heavy (non-hydrogen) atoms. The highest BCUT2D eigenvalue weighted by atomic mass is 16.3. The van der Waals surface area contributed by atoms with Crippen LogP contribution in [-0.4, -0.2) is 62.8 Å². The Morgan fingerprint density at radius 2 is 1.46 bits per heavy atom. The van der Waals surface area contributed by atoms with E-state index >= 15 is 0 Å². The predicted octanol–water partition coefficient (Wildman–Crippen LogP) is 2.42. The third-order valence-electron chi connectivity index (χ3n) is 8.99. The summed E-state index contributed by atoms with van der Waals surface area (Å²) in [4.78, 5) is 40.1. The van der Waals surface area contributed by atoms with Gasteiger partial charge in [0.05, 0.1) is 12.1 Å². The van der Waals surface area contributed by atoms with Gasteiger partial charge in [0.2, 0.25) is 17.7 Å². The fraction of sp³-hybridized carbons (Fsp3) is 0.500. The monoisotopic (exact) mass is 557 g/mol. The Balaban J connectivity index is 0.000000165. The Hall–Kier alpha value is -3.90. The van der Waals surface area contributed by atoms with Gasteiger partial charge >= 0.3 is 0 Å². The Bertz CT molecular complexity index is 1340. The van der Waals surface area contributed by atoms with Crippen LogP contribution in [0.1, 0.15) is 49.3 Å². The van der Waals surface area contributed by atoms with Crippen molar-refractivity contribution in [3.8, 4) is 11.8 Å². The average Bonchev–Trinajstić information content (AvgIpc) is 3.84. The van der Waals surface area contributed by atoms with Gasteiger partial charge in [0.15, 0.2) is 0 Å². The molecule has 6 rings (SSSR count). The molecule has 2 heterocycles. The van der Waals surface area contributed by atoms with Gasteiger partial charge in [-0.15, -0.1) is 0 Å². The molecule has 4 unspecified atom stereocenters. The molecule has 0 spiro atoms. The van der Waals surface area contributed by atoms with E-state index in [1.807, 2.05) is 13.8 Å². The molecule has 2 saturated heterocycles. The number of phenols is 1. The van der Waals surface area contributed by atoms with Gasteiger partial charge in [-0.3, -0.25) is 14.4 Å². The van der Waals surface area contributed by atoms with Crippen LogP contribution < -0.4 is 11.5 Å². The number of hydrogen-bond donors (Lipinski definition) is 3. The van der Waals surface area contributed by atoms with Crippen LogP contribution in [0.2, 0.25) is 0 Å². The maximum Gasteiger partial charge on any atom is 0.241 e. The molecule has 9 heteroatoms. The lowest BCUT2D eigenvalue weighted by Gasteiger charge is -2.28. The first kappa shape index (κ1) is 28.6. The smallest absolute Gasteiger partial charge is 0.241 e. The molecule has 216 valence electrons. The lowest BCUT2D eigenvalue weighted by molar-refractivity contribution is -0.141.